The van der Waals surface area contributed by atoms with Crippen LogP contribution in [0.1, 0.15) is 26.7 Å². The fraction of sp³-hybridized carbons (Fsp3) is 0.615. The zero-order valence-electron chi connectivity index (χ0n) is 9.70. The van der Waals surface area contributed by atoms with Crippen molar-refractivity contribution in [2.45, 2.75) is 37.1 Å². The predicted octanol–water partition coefficient (Wildman–Crippen LogP) is 3.22. The molecular formula is C13H17BrO2. The molecule has 0 unspecified atom stereocenters. The molecule has 0 aromatic heterocycles. The zero-order chi connectivity index (χ0) is 11.9. The number of allylic oxidation sites excluding steroid dienone is 3. The summed E-state index contributed by atoms with van der Waals surface area (Å²) in [6, 6.07) is 0. The summed E-state index contributed by atoms with van der Waals surface area (Å²) in [6.07, 6.45) is 5.93. The lowest BCUT2D eigenvalue weighted by Crippen LogP contribution is -2.31. The molecule has 1 fully saturated rings. The van der Waals surface area contributed by atoms with E-state index in [0.29, 0.717) is 5.92 Å². The largest absolute Gasteiger partial charge is 0.461 e. The Morgan fingerprint density at radius 1 is 1.69 bits per heavy atom. The molecule has 0 aromatic carbocycles. The number of hydrogen-bond donors (Lipinski definition) is 0. The van der Waals surface area contributed by atoms with Crippen molar-refractivity contribution < 1.29 is 9.53 Å². The van der Waals surface area contributed by atoms with E-state index >= 15 is 0 Å². The van der Waals surface area contributed by atoms with Gasteiger partial charge in [-0.25, -0.2) is 0 Å². The van der Waals surface area contributed by atoms with Gasteiger partial charge in [-0.05, 0) is 31.3 Å². The first-order valence-corrected chi connectivity index (χ1v) is 6.48. The van der Waals surface area contributed by atoms with Gasteiger partial charge in [-0.1, -0.05) is 41.6 Å². The van der Waals surface area contributed by atoms with Crippen LogP contribution in [0.15, 0.2) is 24.3 Å². The minimum Gasteiger partial charge on any atom is -0.461 e. The number of fused-ring (bicyclic) bond motifs is 1. The van der Waals surface area contributed by atoms with E-state index in [1.807, 2.05) is 13.0 Å². The van der Waals surface area contributed by atoms with Crippen LogP contribution in [0.3, 0.4) is 0 Å². The zero-order valence-corrected chi connectivity index (χ0v) is 11.3. The molecule has 1 saturated heterocycles. The molecule has 0 aromatic rings. The number of halogens is 1. The Morgan fingerprint density at radius 3 is 3.00 bits per heavy atom. The number of rotatable bonds is 1. The van der Waals surface area contributed by atoms with Crippen LogP contribution in [0.4, 0.5) is 0 Å². The highest BCUT2D eigenvalue weighted by molar-refractivity contribution is 9.10. The highest BCUT2D eigenvalue weighted by atomic mass is 79.9. The van der Waals surface area contributed by atoms with Gasteiger partial charge in [-0.3, -0.25) is 4.79 Å². The Labute approximate surface area is 105 Å². The fourth-order valence-electron chi connectivity index (χ4n) is 2.65. The summed E-state index contributed by atoms with van der Waals surface area (Å²) in [5.74, 6) is 0.534. The molecule has 2 aliphatic rings. The Balaban J connectivity index is 2.28. The highest BCUT2D eigenvalue weighted by Gasteiger charge is 2.52. The van der Waals surface area contributed by atoms with E-state index in [4.69, 9.17) is 4.74 Å². The third kappa shape index (κ3) is 1.75. The molecule has 1 heterocycles. The summed E-state index contributed by atoms with van der Waals surface area (Å²) in [4.78, 5) is 11.7. The minimum absolute atomic E-state index is 0.0422. The molecule has 4 atom stereocenters. The first kappa shape index (κ1) is 11.9. The Kier molecular flexibility index (Phi) is 2.99. The van der Waals surface area contributed by atoms with Crippen LogP contribution in [0.2, 0.25) is 0 Å². The highest BCUT2D eigenvalue weighted by Crippen LogP contribution is 2.45. The number of hydrogen-bond acceptors (Lipinski definition) is 2. The molecule has 3 heteroatoms. The number of ether oxygens (including phenoxy) is 1. The molecule has 0 bridgehead atoms. The molecule has 0 spiro atoms. The van der Waals surface area contributed by atoms with E-state index < -0.39 is 4.32 Å². The second-order valence-electron chi connectivity index (χ2n) is 4.91. The Hall–Kier alpha value is -0.570. The van der Waals surface area contributed by atoms with E-state index in [0.717, 1.165) is 12.8 Å². The summed E-state index contributed by atoms with van der Waals surface area (Å²) in [5, 5.41) is 0. The lowest BCUT2D eigenvalue weighted by Gasteiger charge is -2.21. The lowest BCUT2D eigenvalue weighted by molar-refractivity contribution is -0.143. The van der Waals surface area contributed by atoms with Crippen LogP contribution < -0.4 is 0 Å². The lowest BCUT2D eigenvalue weighted by atomic mass is 9.87. The van der Waals surface area contributed by atoms with Gasteiger partial charge in [0.2, 0.25) is 0 Å². The van der Waals surface area contributed by atoms with Gasteiger partial charge in [0.15, 0.2) is 0 Å². The van der Waals surface area contributed by atoms with Crippen LogP contribution in [-0.4, -0.2) is 16.4 Å². The first-order chi connectivity index (χ1) is 7.46. The fourth-order valence-corrected chi connectivity index (χ4v) is 3.23. The van der Waals surface area contributed by atoms with Gasteiger partial charge in [-0.2, -0.15) is 0 Å². The average Bonchev–Trinajstić information content (AvgIpc) is 2.37. The monoisotopic (exact) mass is 284 g/mol. The molecular weight excluding hydrogens is 268 g/mol. The van der Waals surface area contributed by atoms with Gasteiger partial charge in [-0.15, -0.1) is 0 Å². The Morgan fingerprint density at radius 2 is 2.38 bits per heavy atom. The number of esters is 1. The smallest absolute Gasteiger partial charge is 0.323 e. The SMILES string of the molecule is C=CC1=CC[C@H]2[C@@H](C[C@@H]1C)OC(=O)[C@]2(C)Br. The van der Waals surface area contributed by atoms with Crippen LogP contribution >= 0.6 is 15.9 Å². The van der Waals surface area contributed by atoms with Crippen molar-refractivity contribution in [1.82, 2.24) is 0 Å². The molecule has 2 rings (SSSR count). The van der Waals surface area contributed by atoms with Gasteiger partial charge < -0.3 is 4.74 Å². The normalized spacial score (nSPS) is 43.1. The molecule has 0 radical (unpaired) electrons. The van der Waals surface area contributed by atoms with Crippen molar-refractivity contribution in [3.63, 3.8) is 0 Å². The van der Waals surface area contributed by atoms with Gasteiger partial charge in [0.05, 0.1) is 0 Å². The maximum atomic E-state index is 11.7. The average molecular weight is 285 g/mol. The topological polar surface area (TPSA) is 26.3 Å². The number of carbonyl (C=O) groups excluding carboxylic acids is 1. The molecule has 2 nitrogen and oxygen atoms in total. The van der Waals surface area contributed by atoms with Crippen molar-refractivity contribution >= 4 is 21.9 Å². The van der Waals surface area contributed by atoms with E-state index in [2.05, 4.69) is 35.5 Å². The van der Waals surface area contributed by atoms with Crippen LogP contribution in [-0.2, 0) is 9.53 Å². The van der Waals surface area contributed by atoms with E-state index in [9.17, 15) is 4.79 Å². The van der Waals surface area contributed by atoms with Crippen molar-refractivity contribution in [2.75, 3.05) is 0 Å². The summed E-state index contributed by atoms with van der Waals surface area (Å²) in [6.45, 7) is 7.91. The predicted molar refractivity (Wildman–Crippen MR) is 67.4 cm³/mol. The van der Waals surface area contributed by atoms with Crippen molar-refractivity contribution in [3.8, 4) is 0 Å². The molecule has 1 aliphatic heterocycles. The third-order valence-electron chi connectivity index (χ3n) is 3.80. The van der Waals surface area contributed by atoms with Crippen molar-refractivity contribution in [1.29, 1.82) is 0 Å². The molecule has 1 aliphatic carbocycles. The third-order valence-corrected chi connectivity index (χ3v) is 4.71. The molecule has 0 saturated carbocycles. The molecule has 16 heavy (non-hydrogen) atoms. The summed E-state index contributed by atoms with van der Waals surface area (Å²) < 4.78 is 4.95. The standard InChI is InChI=1S/C13H17BrO2/c1-4-9-5-6-10-11(7-8(9)2)16-12(15)13(10,3)14/h4-5,8,10-11H,1,6-7H2,2-3H3/t8-,10-,11+,13+/m0/s1. The van der Waals surface area contributed by atoms with E-state index in [1.54, 1.807) is 0 Å². The molecule has 0 N–H and O–H groups in total. The number of carbonyl (C=O) groups is 1. The maximum absolute atomic E-state index is 11.7. The van der Waals surface area contributed by atoms with Crippen molar-refractivity contribution in [3.05, 3.63) is 24.3 Å². The molecule has 88 valence electrons. The molecule has 0 amide bonds. The number of alkyl halides is 1. The summed E-state index contributed by atoms with van der Waals surface area (Å²) in [5.41, 5.74) is 1.27. The van der Waals surface area contributed by atoms with Gasteiger partial charge in [0, 0.05) is 5.92 Å². The van der Waals surface area contributed by atoms with Gasteiger partial charge >= 0.3 is 5.97 Å². The second kappa shape index (κ2) is 4.02. The minimum atomic E-state index is -0.523. The summed E-state index contributed by atoms with van der Waals surface area (Å²) in [7, 11) is 0. The van der Waals surface area contributed by atoms with Crippen LogP contribution in [0.5, 0.6) is 0 Å². The van der Waals surface area contributed by atoms with E-state index in [-0.39, 0.29) is 18.0 Å². The van der Waals surface area contributed by atoms with E-state index in [1.165, 1.54) is 5.57 Å². The van der Waals surface area contributed by atoms with Crippen molar-refractivity contribution in [2.24, 2.45) is 11.8 Å². The quantitative estimate of drug-likeness (QED) is 0.546. The summed E-state index contributed by atoms with van der Waals surface area (Å²) >= 11 is 3.52. The van der Waals surface area contributed by atoms with Gasteiger partial charge in [0.25, 0.3) is 0 Å². The Bertz CT molecular complexity index is 357. The maximum Gasteiger partial charge on any atom is 0.323 e. The van der Waals surface area contributed by atoms with Gasteiger partial charge in [0.1, 0.15) is 10.4 Å². The van der Waals surface area contributed by atoms with Crippen LogP contribution in [0, 0.1) is 11.8 Å². The van der Waals surface area contributed by atoms with Crippen LogP contribution in [0.25, 0.3) is 0 Å². The second-order valence-corrected chi connectivity index (χ2v) is 6.55. The first-order valence-electron chi connectivity index (χ1n) is 5.69.